The van der Waals surface area contributed by atoms with E-state index >= 15 is 0 Å². The normalized spacial score (nSPS) is 15.5. The highest BCUT2D eigenvalue weighted by atomic mass is 16.5. The highest BCUT2D eigenvalue weighted by Crippen LogP contribution is 2.33. The van der Waals surface area contributed by atoms with Crippen LogP contribution in [0, 0.1) is 0 Å². The molecular formula is C20H22O2. The van der Waals surface area contributed by atoms with E-state index in [2.05, 4.69) is 24.3 Å². The lowest BCUT2D eigenvalue weighted by Gasteiger charge is -2.22. The Labute approximate surface area is 132 Å². The van der Waals surface area contributed by atoms with Crippen molar-refractivity contribution in [3.8, 4) is 16.9 Å². The number of benzene rings is 2. The summed E-state index contributed by atoms with van der Waals surface area (Å²) in [5.41, 5.74) is 3.82. The minimum absolute atomic E-state index is 0.287. The van der Waals surface area contributed by atoms with Gasteiger partial charge in [0, 0.05) is 6.92 Å². The molecule has 1 fully saturated rings. The average Bonchev–Trinajstić information content (AvgIpc) is 2.56. The van der Waals surface area contributed by atoms with Crippen molar-refractivity contribution in [1.82, 2.24) is 0 Å². The molecule has 0 radical (unpaired) electrons. The van der Waals surface area contributed by atoms with Gasteiger partial charge in [-0.25, -0.2) is 0 Å². The topological polar surface area (TPSA) is 26.3 Å². The predicted molar refractivity (Wildman–Crippen MR) is 89.0 cm³/mol. The second-order valence-electron chi connectivity index (χ2n) is 6.07. The Kier molecular flexibility index (Phi) is 4.57. The molecule has 0 saturated heterocycles. The van der Waals surface area contributed by atoms with E-state index in [1.165, 1.54) is 50.2 Å². The fourth-order valence-corrected chi connectivity index (χ4v) is 3.27. The summed E-state index contributed by atoms with van der Waals surface area (Å²) >= 11 is 0. The van der Waals surface area contributed by atoms with Crippen LogP contribution in [0.25, 0.3) is 11.1 Å². The molecule has 2 aromatic carbocycles. The number of hydrogen-bond acceptors (Lipinski definition) is 2. The average molecular weight is 294 g/mol. The molecule has 0 bridgehead atoms. The fraction of sp³-hybridized carbons (Fsp3) is 0.350. The smallest absolute Gasteiger partial charge is 0.308 e. The Hall–Kier alpha value is -2.09. The van der Waals surface area contributed by atoms with E-state index in [9.17, 15) is 4.79 Å². The molecule has 3 rings (SSSR count). The Bertz CT molecular complexity index is 620. The van der Waals surface area contributed by atoms with Gasteiger partial charge in [0.1, 0.15) is 5.75 Å². The van der Waals surface area contributed by atoms with Crippen molar-refractivity contribution < 1.29 is 9.53 Å². The lowest BCUT2D eigenvalue weighted by molar-refractivity contribution is -0.131. The molecule has 0 atom stereocenters. The van der Waals surface area contributed by atoms with Crippen LogP contribution in [0.1, 0.15) is 50.5 Å². The first-order chi connectivity index (χ1) is 10.7. The first kappa shape index (κ1) is 14.8. The zero-order valence-corrected chi connectivity index (χ0v) is 13.0. The van der Waals surface area contributed by atoms with Crippen LogP contribution in [-0.4, -0.2) is 5.97 Å². The van der Waals surface area contributed by atoms with Gasteiger partial charge in [-0.1, -0.05) is 55.7 Å². The van der Waals surface area contributed by atoms with Crippen molar-refractivity contribution in [2.24, 2.45) is 0 Å². The third-order valence-electron chi connectivity index (χ3n) is 4.44. The van der Waals surface area contributed by atoms with Gasteiger partial charge in [0.15, 0.2) is 0 Å². The van der Waals surface area contributed by atoms with Gasteiger partial charge in [-0.05, 0) is 47.6 Å². The van der Waals surface area contributed by atoms with Crippen molar-refractivity contribution >= 4 is 5.97 Å². The van der Waals surface area contributed by atoms with Gasteiger partial charge in [0.05, 0.1) is 0 Å². The molecular weight excluding hydrogens is 272 g/mol. The molecule has 0 N–H and O–H groups in total. The number of ether oxygens (including phenoxy) is 1. The Morgan fingerprint density at radius 3 is 1.95 bits per heavy atom. The molecule has 22 heavy (non-hydrogen) atoms. The number of carbonyl (C=O) groups is 1. The van der Waals surface area contributed by atoms with Crippen LogP contribution in [0.15, 0.2) is 48.5 Å². The van der Waals surface area contributed by atoms with Crippen LogP contribution in [0.5, 0.6) is 5.75 Å². The quantitative estimate of drug-likeness (QED) is 0.565. The lowest BCUT2D eigenvalue weighted by Crippen LogP contribution is -2.04. The van der Waals surface area contributed by atoms with Crippen molar-refractivity contribution in [3.63, 3.8) is 0 Å². The van der Waals surface area contributed by atoms with Crippen LogP contribution in [0.2, 0.25) is 0 Å². The maximum atomic E-state index is 10.9. The summed E-state index contributed by atoms with van der Waals surface area (Å²) in [7, 11) is 0. The fourth-order valence-electron chi connectivity index (χ4n) is 3.27. The van der Waals surface area contributed by atoms with Crippen LogP contribution in [-0.2, 0) is 4.79 Å². The van der Waals surface area contributed by atoms with E-state index in [-0.39, 0.29) is 5.97 Å². The number of esters is 1. The summed E-state index contributed by atoms with van der Waals surface area (Å²) in [4.78, 5) is 10.9. The molecule has 1 aliphatic carbocycles. The molecule has 1 aliphatic rings. The van der Waals surface area contributed by atoms with Crippen LogP contribution >= 0.6 is 0 Å². The standard InChI is InChI=1S/C20H22O2/c1-15(21)22-20-13-11-19(12-14-20)18-9-7-17(8-10-18)16-5-3-2-4-6-16/h7-14,16H,2-6H2,1H3. The van der Waals surface area contributed by atoms with Gasteiger partial charge < -0.3 is 4.74 Å². The summed E-state index contributed by atoms with van der Waals surface area (Å²) in [6.45, 7) is 1.41. The van der Waals surface area contributed by atoms with Crippen molar-refractivity contribution in [3.05, 3.63) is 54.1 Å². The molecule has 0 heterocycles. The van der Waals surface area contributed by atoms with Gasteiger partial charge in [-0.3, -0.25) is 4.79 Å². The zero-order chi connectivity index (χ0) is 15.4. The largest absolute Gasteiger partial charge is 0.427 e. The molecule has 2 nitrogen and oxygen atoms in total. The maximum Gasteiger partial charge on any atom is 0.308 e. The van der Waals surface area contributed by atoms with Gasteiger partial charge >= 0.3 is 5.97 Å². The molecule has 114 valence electrons. The van der Waals surface area contributed by atoms with E-state index in [0.29, 0.717) is 5.75 Å². The Morgan fingerprint density at radius 2 is 1.41 bits per heavy atom. The minimum Gasteiger partial charge on any atom is -0.427 e. The van der Waals surface area contributed by atoms with Crippen LogP contribution < -0.4 is 4.74 Å². The molecule has 0 amide bonds. The van der Waals surface area contributed by atoms with Gasteiger partial charge in [0.25, 0.3) is 0 Å². The number of hydrogen-bond donors (Lipinski definition) is 0. The lowest BCUT2D eigenvalue weighted by atomic mass is 9.84. The zero-order valence-electron chi connectivity index (χ0n) is 13.0. The van der Waals surface area contributed by atoms with E-state index in [4.69, 9.17) is 4.74 Å². The molecule has 0 spiro atoms. The Morgan fingerprint density at radius 1 is 0.864 bits per heavy atom. The summed E-state index contributed by atoms with van der Waals surface area (Å²) in [5, 5.41) is 0. The van der Waals surface area contributed by atoms with Crippen molar-refractivity contribution in [2.45, 2.75) is 44.9 Å². The van der Waals surface area contributed by atoms with Gasteiger partial charge in [-0.15, -0.1) is 0 Å². The highest BCUT2D eigenvalue weighted by Gasteiger charge is 2.15. The molecule has 0 aliphatic heterocycles. The van der Waals surface area contributed by atoms with E-state index in [1.54, 1.807) is 0 Å². The van der Waals surface area contributed by atoms with Crippen LogP contribution in [0.4, 0.5) is 0 Å². The summed E-state index contributed by atoms with van der Waals surface area (Å²) < 4.78 is 5.06. The van der Waals surface area contributed by atoms with E-state index in [0.717, 1.165) is 11.5 Å². The SMILES string of the molecule is CC(=O)Oc1ccc(-c2ccc(C3CCCCC3)cc2)cc1. The van der Waals surface area contributed by atoms with Gasteiger partial charge in [0.2, 0.25) is 0 Å². The first-order valence-electron chi connectivity index (χ1n) is 8.11. The predicted octanol–water partition coefficient (Wildman–Crippen LogP) is 5.33. The van der Waals surface area contributed by atoms with Gasteiger partial charge in [-0.2, -0.15) is 0 Å². The van der Waals surface area contributed by atoms with Crippen molar-refractivity contribution in [1.29, 1.82) is 0 Å². The highest BCUT2D eigenvalue weighted by molar-refractivity contribution is 5.70. The third-order valence-corrected chi connectivity index (χ3v) is 4.44. The molecule has 2 heteroatoms. The summed E-state index contributed by atoms with van der Waals surface area (Å²) in [6.07, 6.45) is 6.78. The van der Waals surface area contributed by atoms with E-state index in [1.807, 2.05) is 24.3 Å². The first-order valence-corrected chi connectivity index (χ1v) is 8.11. The van der Waals surface area contributed by atoms with Crippen LogP contribution in [0.3, 0.4) is 0 Å². The monoisotopic (exact) mass is 294 g/mol. The number of carbonyl (C=O) groups excluding carboxylic acids is 1. The molecule has 1 saturated carbocycles. The summed E-state index contributed by atoms with van der Waals surface area (Å²) in [6, 6.07) is 16.6. The second kappa shape index (κ2) is 6.78. The summed E-state index contributed by atoms with van der Waals surface area (Å²) in [5.74, 6) is 1.05. The number of rotatable bonds is 3. The second-order valence-corrected chi connectivity index (χ2v) is 6.07. The van der Waals surface area contributed by atoms with E-state index < -0.39 is 0 Å². The molecule has 2 aromatic rings. The maximum absolute atomic E-state index is 10.9. The molecule has 0 aromatic heterocycles. The minimum atomic E-state index is -0.287. The third kappa shape index (κ3) is 3.56. The Balaban J connectivity index is 1.73. The molecule has 0 unspecified atom stereocenters. The van der Waals surface area contributed by atoms with Crippen molar-refractivity contribution in [2.75, 3.05) is 0 Å².